The molecule has 0 radical (unpaired) electrons. The van der Waals surface area contributed by atoms with Gasteiger partial charge in [0.25, 0.3) is 0 Å². The van der Waals surface area contributed by atoms with Gasteiger partial charge < -0.3 is 9.47 Å². The molecule has 2 aromatic carbocycles. The largest absolute Gasteiger partial charge is 0.489 e. The number of benzene rings is 2. The summed E-state index contributed by atoms with van der Waals surface area (Å²) in [5.74, 6) is 0.787. The van der Waals surface area contributed by atoms with Gasteiger partial charge in [0, 0.05) is 5.56 Å². The zero-order valence-electron chi connectivity index (χ0n) is 10.6. The zero-order chi connectivity index (χ0) is 13.5. The Morgan fingerprint density at radius 1 is 1.05 bits per heavy atom. The van der Waals surface area contributed by atoms with Crippen molar-refractivity contribution in [3.8, 4) is 5.75 Å². The maximum absolute atomic E-state index is 11.2. The number of carbonyl (C=O) groups excluding carboxylic acids is 1. The number of carbonyl (C=O) groups is 1. The SMILES string of the molecule is COC(=O)Nc1ccccc1COc1ccccc1. The van der Waals surface area contributed by atoms with Gasteiger partial charge in [0.1, 0.15) is 12.4 Å². The van der Waals surface area contributed by atoms with Gasteiger partial charge in [-0.25, -0.2) is 4.79 Å². The van der Waals surface area contributed by atoms with E-state index in [0.29, 0.717) is 12.3 Å². The fourth-order valence-electron chi connectivity index (χ4n) is 1.61. The molecule has 1 amide bonds. The van der Waals surface area contributed by atoms with E-state index in [1.54, 1.807) is 6.07 Å². The highest BCUT2D eigenvalue weighted by Crippen LogP contribution is 2.18. The smallest absolute Gasteiger partial charge is 0.411 e. The average Bonchev–Trinajstić information content (AvgIpc) is 2.47. The van der Waals surface area contributed by atoms with Crippen molar-refractivity contribution >= 4 is 11.8 Å². The van der Waals surface area contributed by atoms with Crippen LogP contribution < -0.4 is 10.1 Å². The normalized spacial score (nSPS) is 9.74. The molecule has 0 aliphatic rings. The number of methoxy groups -OCH3 is 1. The van der Waals surface area contributed by atoms with E-state index in [9.17, 15) is 4.79 Å². The van der Waals surface area contributed by atoms with Crippen molar-refractivity contribution in [3.63, 3.8) is 0 Å². The molecule has 0 aliphatic heterocycles. The highest BCUT2D eigenvalue weighted by molar-refractivity contribution is 5.85. The molecule has 98 valence electrons. The van der Waals surface area contributed by atoms with Crippen LogP contribution in [0.5, 0.6) is 5.75 Å². The lowest BCUT2D eigenvalue weighted by atomic mass is 10.2. The maximum atomic E-state index is 11.2. The van der Waals surface area contributed by atoms with Crippen molar-refractivity contribution in [2.45, 2.75) is 6.61 Å². The quantitative estimate of drug-likeness (QED) is 0.912. The molecular weight excluding hydrogens is 242 g/mol. The molecule has 0 bridgehead atoms. The van der Waals surface area contributed by atoms with Crippen molar-refractivity contribution in [1.29, 1.82) is 0 Å². The molecule has 0 saturated heterocycles. The van der Waals surface area contributed by atoms with E-state index < -0.39 is 6.09 Å². The molecule has 1 N–H and O–H groups in total. The van der Waals surface area contributed by atoms with Gasteiger partial charge in [-0.1, -0.05) is 36.4 Å². The molecule has 0 aromatic heterocycles. The minimum Gasteiger partial charge on any atom is -0.489 e. The molecule has 0 atom stereocenters. The Morgan fingerprint density at radius 3 is 2.47 bits per heavy atom. The lowest BCUT2D eigenvalue weighted by Gasteiger charge is -2.11. The first kappa shape index (κ1) is 13.0. The number of ether oxygens (including phenoxy) is 2. The van der Waals surface area contributed by atoms with Gasteiger partial charge in [-0.15, -0.1) is 0 Å². The van der Waals surface area contributed by atoms with Crippen molar-refractivity contribution in [1.82, 2.24) is 0 Å². The molecule has 0 fully saturated rings. The fraction of sp³-hybridized carbons (Fsp3) is 0.133. The van der Waals surface area contributed by atoms with Gasteiger partial charge in [-0.3, -0.25) is 5.32 Å². The Bertz CT molecular complexity index is 540. The first-order valence-corrected chi connectivity index (χ1v) is 5.90. The number of rotatable bonds is 4. The first-order valence-electron chi connectivity index (χ1n) is 5.90. The topological polar surface area (TPSA) is 47.6 Å². The minimum absolute atomic E-state index is 0.379. The van der Waals surface area contributed by atoms with Crippen LogP contribution in [0, 0.1) is 0 Å². The van der Waals surface area contributed by atoms with Crippen molar-refractivity contribution in [3.05, 3.63) is 60.2 Å². The molecule has 0 aliphatic carbocycles. The highest BCUT2D eigenvalue weighted by Gasteiger charge is 2.06. The fourth-order valence-corrected chi connectivity index (χ4v) is 1.61. The number of para-hydroxylation sites is 2. The standard InChI is InChI=1S/C15H15NO3/c1-18-15(17)16-14-10-6-5-7-12(14)11-19-13-8-3-2-4-9-13/h2-10H,11H2,1H3,(H,16,17). The van der Waals surface area contributed by atoms with Crippen LogP contribution in [0.15, 0.2) is 54.6 Å². The molecule has 19 heavy (non-hydrogen) atoms. The summed E-state index contributed by atoms with van der Waals surface area (Å²) in [5, 5.41) is 2.66. The summed E-state index contributed by atoms with van der Waals surface area (Å²) in [4.78, 5) is 11.2. The third kappa shape index (κ3) is 3.74. The second-order valence-electron chi connectivity index (χ2n) is 3.88. The van der Waals surface area contributed by atoms with E-state index in [2.05, 4.69) is 10.1 Å². The summed E-state index contributed by atoms with van der Waals surface area (Å²) in [5.41, 5.74) is 1.57. The van der Waals surface area contributed by atoms with Crippen LogP contribution in [-0.4, -0.2) is 13.2 Å². The summed E-state index contributed by atoms with van der Waals surface area (Å²) < 4.78 is 10.2. The second kappa shape index (κ2) is 6.44. The molecule has 4 nitrogen and oxygen atoms in total. The van der Waals surface area contributed by atoms with E-state index in [1.807, 2.05) is 48.5 Å². The summed E-state index contributed by atoms with van der Waals surface area (Å²) in [6.45, 7) is 0.379. The maximum Gasteiger partial charge on any atom is 0.411 e. The van der Waals surface area contributed by atoms with Gasteiger partial charge in [-0.05, 0) is 18.2 Å². The molecule has 2 rings (SSSR count). The van der Waals surface area contributed by atoms with E-state index in [0.717, 1.165) is 11.3 Å². The Balaban J connectivity index is 2.05. The Morgan fingerprint density at radius 2 is 1.74 bits per heavy atom. The predicted molar refractivity (Wildman–Crippen MR) is 73.2 cm³/mol. The molecule has 0 saturated carbocycles. The molecular formula is C15H15NO3. The van der Waals surface area contributed by atoms with Crippen molar-refractivity contribution in [2.24, 2.45) is 0 Å². The monoisotopic (exact) mass is 257 g/mol. The molecule has 0 unspecified atom stereocenters. The molecule has 0 heterocycles. The van der Waals surface area contributed by atoms with Gasteiger partial charge >= 0.3 is 6.09 Å². The van der Waals surface area contributed by atoms with Crippen LogP contribution in [-0.2, 0) is 11.3 Å². The van der Waals surface area contributed by atoms with Crippen LogP contribution in [0.2, 0.25) is 0 Å². The summed E-state index contributed by atoms with van der Waals surface area (Å²) in [6, 6.07) is 17.0. The highest BCUT2D eigenvalue weighted by atomic mass is 16.5. The van der Waals surface area contributed by atoms with E-state index in [1.165, 1.54) is 7.11 Å². The third-order valence-corrected chi connectivity index (χ3v) is 2.58. The van der Waals surface area contributed by atoms with Gasteiger partial charge in [0.15, 0.2) is 0 Å². The van der Waals surface area contributed by atoms with Crippen LogP contribution in [0.4, 0.5) is 10.5 Å². The van der Waals surface area contributed by atoms with Gasteiger partial charge in [0.2, 0.25) is 0 Å². The van der Waals surface area contributed by atoms with E-state index in [-0.39, 0.29) is 0 Å². The van der Waals surface area contributed by atoms with E-state index in [4.69, 9.17) is 4.74 Å². The summed E-state index contributed by atoms with van der Waals surface area (Å²) in [6.07, 6.45) is -0.493. The summed E-state index contributed by atoms with van der Waals surface area (Å²) in [7, 11) is 1.33. The van der Waals surface area contributed by atoms with Crippen molar-refractivity contribution < 1.29 is 14.3 Å². The lowest BCUT2D eigenvalue weighted by molar-refractivity contribution is 0.187. The van der Waals surface area contributed by atoms with Gasteiger partial charge in [0.05, 0.1) is 12.8 Å². The van der Waals surface area contributed by atoms with Gasteiger partial charge in [-0.2, -0.15) is 0 Å². The Labute approximate surface area is 112 Å². The number of hydrogen-bond acceptors (Lipinski definition) is 3. The number of anilines is 1. The lowest BCUT2D eigenvalue weighted by Crippen LogP contribution is -2.13. The minimum atomic E-state index is -0.493. The first-order chi connectivity index (χ1) is 9.29. The molecule has 2 aromatic rings. The number of amides is 1. The Hall–Kier alpha value is -2.49. The van der Waals surface area contributed by atoms with Crippen LogP contribution >= 0.6 is 0 Å². The zero-order valence-corrected chi connectivity index (χ0v) is 10.6. The molecule has 4 heteroatoms. The number of nitrogens with one attached hydrogen (secondary N) is 1. The summed E-state index contributed by atoms with van der Waals surface area (Å²) >= 11 is 0. The second-order valence-corrected chi connectivity index (χ2v) is 3.88. The molecule has 0 spiro atoms. The van der Waals surface area contributed by atoms with Crippen LogP contribution in [0.25, 0.3) is 0 Å². The number of hydrogen-bond donors (Lipinski definition) is 1. The van der Waals surface area contributed by atoms with Crippen LogP contribution in [0.3, 0.4) is 0 Å². The van der Waals surface area contributed by atoms with Crippen molar-refractivity contribution in [2.75, 3.05) is 12.4 Å². The third-order valence-electron chi connectivity index (χ3n) is 2.58. The van der Waals surface area contributed by atoms with Crippen LogP contribution in [0.1, 0.15) is 5.56 Å². The van der Waals surface area contributed by atoms with E-state index >= 15 is 0 Å². The predicted octanol–water partition coefficient (Wildman–Crippen LogP) is 3.44. The average molecular weight is 257 g/mol. The Kier molecular flexibility index (Phi) is 4.39.